The number of nitriles is 1. The summed E-state index contributed by atoms with van der Waals surface area (Å²) in [4.78, 5) is 0. The molecule has 29 heavy (non-hydrogen) atoms. The van der Waals surface area contributed by atoms with Crippen LogP contribution in [0.1, 0.15) is 5.56 Å². The van der Waals surface area contributed by atoms with Crippen molar-refractivity contribution < 1.29 is 0 Å². The lowest BCUT2D eigenvalue weighted by atomic mass is 9.89. The molecule has 0 radical (unpaired) electrons. The summed E-state index contributed by atoms with van der Waals surface area (Å²) in [6.45, 7) is 0. The SMILES string of the molecule is N#CCc1c(-c2ccc3ccccc3c2)cccc1-c1ccc2ccccc2c1. The minimum absolute atomic E-state index is 0.380. The summed E-state index contributed by atoms with van der Waals surface area (Å²) in [7, 11) is 0. The van der Waals surface area contributed by atoms with E-state index >= 15 is 0 Å². The molecule has 0 atom stereocenters. The summed E-state index contributed by atoms with van der Waals surface area (Å²) in [5, 5.41) is 14.4. The van der Waals surface area contributed by atoms with E-state index < -0.39 is 0 Å². The van der Waals surface area contributed by atoms with Crippen LogP contribution < -0.4 is 0 Å². The number of nitrogens with zero attached hydrogens (tertiary/aromatic N) is 1. The maximum Gasteiger partial charge on any atom is 0.0670 e. The fourth-order valence-electron chi connectivity index (χ4n) is 4.11. The molecule has 0 aliphatic rings. The van der Waals surface area contributed by atoms with Gasteiger partial charge in [0.15, 0.2) is 0 Å². The van der Waals surface area contributed by atoms with E-state index in [2.05, 4.69) is 109 Å². The second kappa shape index (κ2) is 7.26. The van der Waals surface area contributed by atoms with Gasteiger partial charge in [-0.15, -0.1) is 0 Å². The highest BCUT2D eigenvalue weighted by molar-refractivity contribution is 5.91. The lowest BCUT2D eigenvalue weighted by Gasteiger charge is -2.15. The van der Waals surface area contributed by atoms with Crippen molar-refractivity contribution in [3.05, 3.63) is 109 Å². The average molecular weight is 369 g/mol. The zero-order chi connectivity index (χ0) is 19.6. The zero-order valence-corrected chi connectivity index (χ0v) is 16.0. The average Bonchev–Trinajstić information content (AvgIpc) is 2.79. The lowest BCUT2D eigenvalue weighted by Crippen LogP contribution is -1.94. The molecule has 0 bridgehead atoms. The standard InChI is InChI=1S/C28H19N/c29-17-16-28-26(24-14-12-20-6-1-3-8-22(20)18-24)10-5-11-27(28)25-15-13-21-7-2-4-9-23(21)19-25/h1-15,18-19H,16H2. The molecule has 5 rings (SSSR count). The van der Waals surface area contributed by atoms with Gasteiger partial charge in [0, 0.05) is 0 Å². The second-order valence-electron chi connectivity index (χ2n) is 7.29. The highest BCUT2D eigenvalue weighted by Crippen LogP contribution is 2.35. The van der Waals surface area contributed by atoms with Gasteiger partial charge in [-0.3, -0.25) is 0 Å². The van der Waals surface area contributed by atoms with E-state index in [-0.39, 0.29) is 0 Å². The Bertz CT molecular complexity index is 1290. The summed E-state index contributed by atoms with van der Waals surface area (Å²) in [5.74, 6) is 0. The molecule has 0 saturated heterocycles. The molecule has 0 heterocycles. The van der Waals surface area contributed by atoms with E-state index in [1.54, 1.807) is 0 Å². The van der Waals surface area contributed by atoms with Crippen LogP contribution in [0.2, 0.25) is 0 Å². The van der Waals surface area contributed by atoms with Crippen LogP contribution in [0.3, 0.4) is 0 Å². The summed E-state index contributed by atoms with van der Waals surface area (Å²) >= 11 is 0. The van der Waals surface area contributed by atoms with Gasteiger partial charge in [-0.1, -0.05) is 91.0 Å². The first-order valence-corrected chi connectivity index (χ1v) is 9.81. The minimum atomic E-state index is 0.380. The number of benzene rings is 5. The molecule has 136 valence electrons. The van der Waals surface area contributed by atoms with Crippen molar-refractivity contribution >= 4 is 21.5 Å². The molecule has 5 aromatic rings. The van der Waals surface area contributed by atoms with Gasteiger partial charge < -0.3 is 0 Å². The van der Waals surface area contributed by atoms with Gasteiger partial charge in [0.25, 0.3) is 0 Å². The topological polar surface area (TPSA) is 23.8 Å². The molecule has 1 nitrogen and oxygen atoms in total. The largest absolute Gasteiger partial charge is 0.198 e. The first-order valence-electron chi connectivity index (χ1n) is 9.81. The third-order valence-corrected chi connectivity index (χ3v) is 5.55. The molecule has 0 aliphatic heterocycles. The molecular weight excluding hydrogens is 350 g/mol. The summed E-state index contributed by atoms with van der Waals surface area (Å²) in [6.07, 6.45) is 0.380. The second-order valence-corrected chi connectivity index (χ2v) is 7.29. The maximum absolute atomic E-state index is 9.56. The molecule has 0 amide bonds. The van der Waals surface area contributed by atoms with E-state index in [0.29, 0.717) is 6.42 Å². The number of hydrogen-bond donors (Lipinski definition) is 0. The predicted octanol–water partition coefficient (Wildman–Crippen LogP) is 7.39. The molecule has 0 fully saturated rings. The Balaban J connectivity index is 1.71. The van der Waals surface area contributed by atoms with Crippen LogP contribution in [0.4, 0.5) is 0 Å². The lowest BCUT2D eigenvalue weighted by molar-refractivity contribution is 1.27. The molecule has 0 unspecified atom stereocenters. The van der Waals surface area contributed by atoms with Gasteiger partial charge in [0.2, 0.25) is 0 Å². The summed E-state index contributed by atoms with van der Waals surface area (Å²) in [6, 6.07) is 38.5. The highest BCUT2D eigenvalue weighted by atomic mass is 14.2. The van der Waals surface area contributed by atoms with Crippen LogP contribution in [-0.4, -0.2) is 0 Å². The van der Waals surface area contributed by atoms with Crippen molar-refractivity contribution in [2.75, 3.05) is 0 Å². The van der Waals surface area contributed by atoms with Gasteiger partial charge >= 0.3 is 0 Å². The normalized spacial score (nSPS) is 10.9. The van der Waals surface area contributed by atoms with E-state index in [1.165, 1.54) is 21.5 Å². The van der Waals surface area contributed by atoms with E-state index in [9.17, 15) is 5.26 Å². The molecule has 5 aromatic carbocycles. The number of fused-ring (bicyclic) bond motifs is 2. The van der Waals surface area contributed by atoms with Gasteiger partial charge in [-0.05, 0) is 61.5 Å². The van der Waals surface area contributed by atoms with Crippen LogP contribution in [0, 0.1) is 11.3 Å². The fraction of sp³-hybridized carbons (Fsp3) is 0.0357. The van der Waals surface area contributed by atoms with Crippen LogP contribution in [-0.2, 0) is 6.42 Å². The van der Waals surface area contributed by atoms with Crippen molar-refractivity contribution in [2.45, 2.75) is 6.42 Å². The van der Waals surface area contributed by atoms with Crippen LogP contribution >= 0.6 is 0 Å². The minimum Gasteiger partial charge on any atom is -0.198 e. The molecule has 0 spiro atoms. The van der Waals surface area contributed by atoms with Crippen LogP contribution in [0.25, 0.3) is 43.8 Å². The van der Waals surface area contributed by atoms with Gasteiger partial charge in [0.05, 0.1) is 12.5 Å². The molecule has 1 heteroatoms. The monoisotopic (exact) mass is 369 g/mol. The molecule has 0 aliphatic carbocycles. The fourth-order valence-corrected chi connectivity index (χ4v) is 4.11. The Labute approximate surface area is 170 Å². The Hall–Kier alpha value is -3.89. The van der Waals surface area contributed by atoms with E-state index in [4.69, 9.17) is 0 Å². The Morgan fingerprint density at radius 3 is 1.48 bits per heavy atom. The van der Waals surface area contributed by atoms with Crippen molar-refractivity contribution in [3.8, 4) is 28.3 Å². The third kappa shape index (κ3) is 3.16. The van der Waals surface area contributed by atoms with Gasteiger partial charge in [-0.25, -0.2) is 0 Å². The number of rotatable bonds is 3. The maximum atomic E-state index is 9.56. The molecular formula is C28H19N. The molecule has 0 N–H and O–H groups in total. The van der Waals surface area contributed by atoms with E-state index in [1.807, 2.05) is 0 Å². The summed E-state index contributed by atoms with van der Waals surface area (Å²) in [5.41, 5.74) is 5.64. The van der Waals surface area contributed by atoms with Gasteiger partial charge in [-0.2, -0.15) is 5.26 Å². The Morgan fingerprint density at radius 1 is 0.517 bits per heavy atom. The quantitative estimate of drug-likeness (QED) is 0.325. The smallest absolute Gasteiger partial charge is 0.0670 e. The highest BCUT2D eigenvalue weighted by Gasteiger charge is 2.12. The summed E-state index contributed by atoms with van der Waals surface area (Å²) < 4.78 is 0. The van der Waals surface area contributed by atoms with Crippen molar-refractivity contribution in [1.82, 2.24) is 0 Å². The van der Waals surface area contributed by atoms with E-state index in [0.717, 1.165) is 27.8 Å². The van der Waals surface area contributed by atoms with Crippen molar-refractivity contribution in [2.24, 2.45) is 0 Å². The third-order valence-electron chi connectivity index (χ3n) is 5.55. The Kier molecular flexibility index (Phi) is 4.31. The number of hydrogen-bond acceptors (Lipinski definition) is 1. The van der Waals surface area contributed by atoms with Crippen molar-refractivity contribution in [3.63, 3.8) is 0 Å². The Morgan fingerprint density at radius 2 is 1.00 bits per heavy atom. The van der Waals surface area contributed by atoms with Crippen LogP contribution in [0.5, 0.6) is 0 Å². The molecule has 0 aromatic heterocycles. The molecule has 0 saturated carbocycles. The van der Waals surface area contributed by atoms with Crippen LogP contribution in [0.15, 0.2) is 103 Å². The zero-order valence-electron chi connectivity index (χ0n) is 16.0. The van der Waals surface area contributed by atoms with Gasteiger partial charge in [0.1, 0.15) is 0 Å². The first kappa shape index (κ1) is 17.2. The predicted molar refractivity (Wildman–Crippen MR) is 122 cm³/mol. The first-order chi connectivity index (χ1) is 14.3. The van der Waals surface area contributed by atoms with Crippen molar-refractivity contribution in [1.29, 1.82) is 5.26 Å².